The predicted octanol–water partition coefficient (Wildman–Crippen LogP) is 3.61. The van der Waals surface area contributed by atoms with Crippen LogP contribution in [-0.2, 0) is 0 Å². The zero-order valence-corrected chi connectivity index (χ0v) is 14.5. The second-order valence-corrected chi connectivity index (χ2v) is 8.73. The van der Waals surface area contributed by atoms with Crippen LogP contribution in [0.25, 0.3) is 10.2 Å². The van der Waals surface area contributed by atoms with E-state index < -0.39 is 0 Å². The van der Waals surface area contributed by atoms with Crippen LogP contribution in [0.5, 0.6) is 0 Å². The van der Waals surface area contributed by atoms with Crippen LogP contribution in [0.2, 0.25) is 0 Å². The maximum atomic E-state index is 12.3. The van der Waals surface area contributed by atoms with Crippen molar-refractivity contribution in [3.63, 3.8) is 0 Å². The molecule has 1 atom stereocenters. The number of fused-ring (bicyclic) bond motifs is 1. The Hall–Kier alpha value is -1.25. The Morgan fingerprint density at radius 3 is 2.62 bits per heavy atom. The van der Waals surface area contributed by atoms with Crippen LogP contribution in [0, 0.1) is 20.8 Å². The molecule has 1 N–H and O–H groups in total. The molecule has 0 saturated heterocycles. The summed E-state index contributed by atoms with van der Waals surface area (Å²) in [4.78, 5) is 21.7. The van der Waals surface area contributed by atoms with Gasteiger partial charge in [0, 0.05) is 4.88 Å². The number of rotatable bonds is 3. The number of thioether (sulfide) groups is 1. The van der Waals surface area contributed by atoms with Gasteiger partial charge >= 0.3 is 0 Å². The van der Waals surface area contributed by atoms with E-state index in [9.17, 15) is 4.79 Å². The third-order valence-corrected chi connectivity index (χ3v) is 6.36. The Balaban J connectivity index is 1.98. The number of aromatic nitrogens is 4. The molecular formula is C13H14N4OS3. The number of hydrogen-bond acceptors (Lipinski definition) is 7. The summed E-state index contributed by atoms with van der Waals surface area (Å²) in [7, 11) is 0. The molecule has 0 bridgehead atoms. The lowest BCUT2D eigenvalue weighted by molar-refractivity contribution is 0.917. The van der Waals surface area contributed by atoms with Crippen molar-refractivity contribution in [2.24, 2.45) is 0 Å². The van der Waals surface area contributed by atoms with Gasteiger partial charge in [0.2, 0.25) is 0 Å². The summed E-state index contributed by atoms with van der Waals surface area (Å²) >= 11 is 4.68. The van der Waals surface area contributed by atoms with E-state index in [-0.39, 0.29) is 10.8 Å². The van der Waals surface area contributed by atoms with Crippen LogP contribution in [0.15, 0.2) is 9.13 Å². The zero-order chi connectivity index (χ0) is 15.1. The van der Waals surface area contributed by atoms with Crippen LogP contribution in [0.1, 0.15) is 33.4 Å². The Bertz CT molecular complexity index is 864. The van der Waals surface area contributed by atoms with Gasteiger partial charge in [0.05, 0.1) is 10.6 Å². The highest BCUT2D eigenvalue weighted by molar-refractivity contribution is 8.01. The topological polar surface area (TPSA) is 71.5 Å². The number of thiophene rings is 1. The molecule has 0 spiro atoms. The third kappa shape index (κ3) is 2.75. The summed E-state index contributed by atoms with van der Waals surface area (Å²) in [5.41, 5.74) is 0.966. The number of nitrogens with one attached hydrogen (secondary N) is 1. The molecule has 3 aromatic rings. The Morgan fingerprint density at radius 2 is 1.95 bits per heavy atom. The molecule has 110 valence electrons. The standard InChI is InChI=1S/C13H14N4OS3/c1-5-6(2)19-12-9(5)11(18)14-10(15-12)7(3)20-13-17-16-8(4)21-13/h7H,1-4H3,(H,14,15,18)/t7-/m0/s1. The molecule has 0 aliphatic heterocycles. The Kier molecular flexibility index (Phi) is 3.85. The van der Waals surface area contributed by atoms with E-state index in [0.717, 1.165) is 24.6 Å². The molecule has 0 aliphatic rings. The molecule has 3 heterocycles. The van der Waals surface area contributed by atoms with Gasteiger partial charge in [0.25, 0.3) is 5.56 Å². The van der Waals surface area contributed by atoms with Crippen molar-refractivity contribution < 1.29 is 0 Å². The maximum Gasteiger partial charge on any atom is 0.259 e. The van der Waals surface area contributed by atoms with Gasteiger partial charge in [-0.1, -0.05) is 23.1 Å². The van der Waals surface area contributed by atoms with Crippen molar-refractivity contribution >= 4 is 44.7 Å². The van der Waals surface area contributed by atoms with E-state index in [0.29, 0.717) is 11.2 Å². The minimum absolute atomic E-state index is 0.0252. The van der Waals surface area contributed by atoms with Crippen molar-refractivity contribution in [1.82, 2.24) is 20.2 Å². The average molecular weight is 338 g/mol. The fraction of sp³-hybridized carbons (Fsp3) is 0.385. The highest BCUT2D eigenvalue weighted by Crippen LogP contribution is 2.35. The highest BCUT2D eigenvalue weighted by Gasteiger charge is 2.17. The lowest BCUT2D eigenvalue weighted by Crippen LogP contribution is -2.12. The van der Waals surface area contributed by atoms with Crippen LogP contribution in [0.4, 0.5) is 0 Å². The molecule has 21 heavy (non-hydrogen) atoms. The molecule has 0 saturated carbocycles. The molecule has 0 unspecified atom stereocenters. The minimum Gasteiger partial charge on any atom is -0.309 e. The van der Waals surface area contributed by atoms with Gasteiger partial charge in [-0.05, 0) is 33.3 Å². The number of nitrogens with zero attached hydrogens (tertiary/aromatic N) is 3. The fourth-order valence-corrected chi connectivity index (χ4v) is 5.05. The summed E-state index contributed by atoms with van der Waals surface area (Å²) in [6, 6.07) is 0. The van der Waals surface area contributed by atoms with Crippen molar-refractivity contribution in [3.05, 3.63) is 31.6 Å². The van der Waals surface area contributed by atoms with Crippen LogP contribution >= 0.6 is 34.4 Å². The van der Waals surface area contributed by atoms with Crippen molar-refractivity contribution in [3.8, 4) is 0 Å². The van der Waals surface area contributed by atoms with Crippen molar-refractivity contribution in [1.29, 1.82) is 0 Å². The Labute approximate surface area is 133 Å². The average Bonchev–Trinajstić information content (AvgIpc) is 2.94. The second kappa shape index (κ2) is 5.51. The Morgan fingerprint density at radius 1 is 1.19 bits per heavy atom. The normalized spacial score (nSPS) is 13.0. The fourth-order valence-electron chi connectivity index (χ4n) is 2.00. The zero-order valence-electron chi connectivity index (χ0n) is 12.1. The lowest BCUT2D eigenvalue weighted by Gasteiger charge is -2.07. The van der Waals surface area contributed by atoms with E-state index in [2.05, 4.69) is 20.2 Å². The molecular weight excluding hydrogens is 324 g/mol. The number of H-pyrrole nitrogens is 1. The number of aromatic amines is 1. The highest BCUT2D eigenvalue weighted by atomic mass is 32.2. The SMILES string of the molecule is Cc1nnc(S[C@@H](C)c2nc3sc(C)c(C)c3c(=O)[nH]2)s1. The largest absolute Gasteiger partial charge is 0.309 e. The molecule has 3 rings (SSSR count). The summed E-state index contributed by atoms with van der Waals surface area (Å²) in [6.07, 6.45) is 0. The first-order valence-electron chi connectivity index (χ1n) is 6.42. The quantitative estimate of drug-likeness (QED) is 0.739. The maximum absolute atomic E-state index is 12.3. The van der Waals surface area contributed by atoms with E-state index in [4.69, 9.17) is 0 Å². The molecule has 0 amide bonds. The van der Waals surface area contributed by atoms with Gasteiger partial charge in [-0.2, -0.15) is 0 Å². The summed E-state index contributed by atoms with van der Waals surface area (Å²) in [5.74, 6) is 0.687. The van der Waals surface area contributed by atoms with Crippen LogP contribution in [0.3, 0.4) is 0 Å². The molecule has 0 aliphatic carbocycles. The molecule has 0 aromatic carbocycles. The smallest absolute Gasteiger partial charge is 0.259 e. The van der Waals surface area contributed by atoms with Crippen molar-refractivity contribution in [2.75, 3.05) is 0 Å². The van der Waals surface area contributed by atoms with E-state index in [1.54, 1.807) is 34.4 Å². The van der Waals surface area contributed by atoms with E-state index in [1.165, 1.54) is 0 Å². The predicted molar refractivity (Wildman–Crippen MR) is 88.6 cm³/mol. The van der Waals surface area contributed by atoms with E-state index >= 15 is 0 Å². The van der Waals surface area contributed by atoms with Gasteiger partial charge < -0.3 is 4.98 Å². The first-order chi connectivity index (χ1) is 9.95. The summed E-state index contributed by atoms with van der Waals surface area (Å²) in [6.45, 7) is 7.92. The van der Waals surface area contributed by atoms with Crippen LogP contribution < -0.4 is 5.56 Å². The molecule has 0 fully saturated rings. The summed E-state index contributed by atoms with van der Waals surface area (Å²) < 4.78 is 0.890. The van der Waals surface area contributed by atoms with Gasteiger partial charge in [-0.3, -0.25) is 4.79 Å². The van der Waals surface area contributed by atoms with Gasteiger partial charge in [0.1, 0.15) is 15.7 Å². The van der Waals surface area contributed by atoms with Gasteiger partial charge in [-0.15, -0.1) is 21.5 Å². The molecule has 0 radical (unpaired) electrons. The van der Waals surface area contributed by atoms with Gasteiger partial charge in [-0.25, -0.2) is 4.98 Å². The van der Waals surface area contributed by atoms with E-state index in [1.807, 2.05) is 27.7 Å². The van der Waals surface area contributed by atoms with Crippen LogP contribution in [-0.4, -0.2) is 20.2 Å². The minimum atomic E-state index is -0.0576. The molecule has 3 aromatic heterocycles. The lowest BCUT2D eigenvalue weighted by atomic mass is 10.2. The number of aryl methyl sites for hydroxylation is 3. The molecule has 5 nitrogen and oxygen atoms in total. The monoisotopic (exact) mass is 338 g/mol. The van der Waals surface area contributed by atoms with Gasteiger partial charge in [0.15, 0.2) is 4.34 Å². The summed E-state index contributed by atoms with van der Waals surface area (Å²) in [5, 5.41) is 9.78. The second-order valence-electron chi connectivity index (χ2n) is 4.76. The number of hydrogen-bond donors (Lipinski definition) is 1. The van der Waals surface area contributed by atoms with Crippen molar-refractivity contribution in [2.45, 2.75) is 37.3 Å². The first kappa shape index (κ1) is 14.7. The third-order valence-electron chi connectivity index (χ3n) is 3.23. The first-order valence-corrected chi connectivity index (χ1v) is 8.93. The molecule has 8 heteroatoms.